The van der Waals surface area contributed by atoms with Crippen molar-refractivity contribution in [2.45, 2.75) is 83.9 Å². The molecule has 0 amide bonds. The van der Waals surface area contributed by atoms with E-state index < -0.39 is 0 Å². The molecule has 190 valence electrons. The van der Waals surface area contributed by atoms with Crippen LogP contribution in [0.2, 0.25) is 0 Å². The third-order valence-corrected chi connectivity index (χ3v) is 7.55. The van der Waals surface area contributed by atoms with Crippen molar-refractivity contribution in [1.82, 2.24) is 14.9 Å². The lowest BCUT2D eigenvalue weighted by atomic mass is 9.84. The van der Waals surface area contributed by atoms with Gasteiger partial charge in [0.05, 0.1) is 12.7 Å². The SMILES string of the molecule is CCC1CN(c2nc(C=O)c(CN(C)C(C)C)c(Nc3ccc(C4CCCCC4)cc3)n2)CCO1. The van der Waals surface area contributed by atoms with Gasteiger partial charge in [0.1, 0.15) is 11.5 Å². The number of aldehydes is 1. The number of aromatic nitrogens is 2. The number of carbonyl (C=O) groups excluding carboxylic acids is 1. The molecule has 7 nitrogen and oxygen atoms in total. The summed E-state index contributed by atoms with van der Waals surface area (Å²) in [5.41, 5.74) is 3.68. The lowest BCUT2D eigenvalue weighted by molar-refractivity contribution is 0.0379. The molecule has 35 heavy (non-hydrogen) atoms. The second kappa shape index (κ2) is 12.0. The second-order valence-electron chi connectivity index (χ2n) is 10.3. The maximum absolute atomic E-state index is 12.2. The van der Waals surface area contributed by atoms with E-state index in [0.29, 0.717) is 42.6 Å². The van der Waals surface area contributed by atoms with Crippen molar-refractivity contribution in [3.8, 4) is 0 Å². The van der Waals surface area contributed by atoms with Crippen molar-refractivity contribution >= 4 is 23.7 Å². The second-order valence-corrected chi connectivity index (χ2v) is 10.3. The molecule has 2 fully saturated rings. The molecule has 1 aliphatic heterocycles. The number of anilines is 3. The Kier molecular flexibility index (Phi) is 8.74. The first-order chi connectivity index (χ1) is 17.0. The first kappa shape index (κ1) is 25.6. The van der Waals surface area contributed by atoms with E-state index in [-0.39, 0.29) is 6.10 Å². The molecule has 7 heteroatoms. The van der Waals surface area contributed by atoms with Gasteiger partial charge in [0.2, 0.25) is 5.95 Å². The number of morpholine rings is 1. The van der Waals surface area contributed by atoms with Crippen molar-refractivity contribution in [2.75, 3.05) is 37.0 Å². The summed E-state index contributed by atoms with van der Waals surface area (Å²) in [6.45, 7) is 9.10. The van der Waals surface area contributed by atoms with Crippen molar-refractivity contribution in [3.63, 3.8) is 0 Å². The van der Waals surface area contributed by atoms with Crippen LogP contribution < -0.4 is 10.2 Å². The molecule has 2 aliphatic rings. The number of rotatable bonds is 9. The molecule has 1 N–H and O–H groups in total. The van der Waals surface area contributed by atoms with Crippen LogP contribution in [0.5, 0.6) is 0 Å². The van der Waals surface area contributed by atoms with Crippen molar-refractivity contribution in [1.29, 1.82) is 0 Å². The zero-order valence-electron chi connectivity index (χ0n) is 21.8. The van der Waals surface area contributed by atoms with E-state index in [0.717, 1.165) is 37.0 Å². The topological polar surface area (TPSA) is 70.6 Å². The number of hydrogen-bond acceptors (Lipinski definition) is 7. The van der Waals surface area contributed by atoms with Crippen molar-refractivity contribution < 1.29 is 9.53 Å². The summed E-state index contributed by atoms with van der Waals surface area (Å²) in [5, 5.41) is 3.53. The smallest absolute Gasteiger partial charge is 0.228 e. The van der Waals surface area contributed by atoms with E-state index in [1.165, 1.54) is 37.7 Å². The van der Waals surface area contributed by atoms with Gasteiger partial charge < -0.3 is 15.0 Å². The minimum absolute atomic E-state index is 0.155. The van der Waals surface area contributed by atoms with Gasteiger partial charge in [-0.1, -0.05) is 38.3 Å². The maximum atomic E-state index is 12.2. The summed E-state index contributed by atoms with van der Waals surface area (Å²) < 4.78 is 5.84. The molecule has 2 aromatic rings. The summed E-state index contributed by atoms with van der Waals surface area (Å²) in [7, 11) is 2.06. The summed E-state index contributed by atoms with van der Waals surface area (Å²) in [4.78, 5) is 26.2. The molecule has 1 atom stereocenters. The van der Waals surface area contributed by atoms with Gasteiger partial charge in [0.15, 0.2) is 6.29 Å². The van der Waals surface area contributed by atoms with E-state index in [4.69, 9.17) is 14.7 Å². The van der Waals surface area contributed by atoms with Crippen LogP contribution in [0.4, 0.5) is 17.5 Å². The third-order valence-electron chi connectivity index (χ3n) is 7.55. The van der Waals surface area contributed by atoms with Gasteiger partial charge in [-0.05, 0) is 63.8 Å². The molecular weight excluding hydrogens is 438 g/mol. The van der Waals surface area contributed by atoms with Crippen molar-refractivity contribution in [2.24, 2.45) is 0 Å². The normalized spacial score (nSPS) is 19.4. The molecule has 2 heterocycles. The lowest BCUT2D eigenvalue weighted by Crippen LogP contribution is -2.43. The number of benzene rings is 1. The van der Waals surface area contributed by atoms with Gasteiger partial charge in [-0.2, -0.15) is 4.98 Å². The Morgan fingerprint density at radius 1 is 1.17 bits per heavy atom. The van der Waals surface area contributed by atoms with Crippen LogP contribution >= 0.6 is 0 Å². The van der Waals surface area contributed by atoms with Gasteiger partial charge in [0.25, 0.3) is 0 Å². The number of ether oxygens (including phenoxy) is 1. The predicted octanol–water partition coefficient (Wildman–Crippen LogP) is 5.54. The van der Waals surface area contributed by atoms with Crippen LogP contribution in [0, 0.1) is 0 Å². The average molecular weight is 480 g/mol. The van der Waals surface area contributed by atoms with E-state index in [9.17, 15) is 4.79 Å². The van der Waals surface area contributed by atoms with Crippen LogP contribution in [-0.4, -0.2) is 60.0 Å². The summed E-state index contributed by atoms with van der Waals surface area (Å²) in [6.07, 6.45) is 8.55. The Hall–Kier alpha value is -2.51. The van der Waals surface area contributed by atoms with Crippen LogP contribution in [0.15, 0.2) is 24.3 Å². The highest BCUT2D eigenvalue weighted by molar-refractivity contribution is 5.79. The number of hydrogen-bond donors (Lipinski definition) is 1. The molecule has 1 aromatic carbocycles. The lowest BCUT2D eigenvalue weighted by Gasteiger charge is -2.33. The Bertz CT molecular complexity index is 972. The van der Waals surface area contributed by atoms with E-state index in [1.807, 2.05) is 0 Å². The molecule has 0 spiro atoms. The largest absolute Gasteiger partial charge is 0.375 e. The molecule has 1 aliphatic carbocycles. The first-order valence-electron chi connectivity index (χ1n) is 13.3. The Balaban J connectivity index is 1.64. The summed E-state index contributed by atoms with van der Waals surface area (Å²) in [5.74, 6) is 1.97. The molecule has 1 saturated carbocycles. The fraction of sp³-hybridized carbons (Fsp3) is 0.607. The van der Waals surface area contributed by atoms with E-state index in [2.05, 4.69) is 67.2 Å². The van der Waals surface area contributed by atoms with Crippen LogP contribution in [0.1, 0.15) is 86.8 Å². The monoisotopic (exact) mass is 479 g/mol. The predicted molar refractivity (Wildman–Crippen MR) is 142 cm³/mol. The molecular formula is C28H41N5O2. The minimum atomic E-state index is 0.155. The average Bonchev–Trinajstić information content (AvgIpc) is 2.90. The number of nitrogens with one attached hydrogen (secondary N) is 1. The van der Waals surface area contributed by atoms with E-state index in [1.54, 1.807) is 0 Å². The molecule has 4 rings (SSSR count). The quantitative estimate of drug-likeness (QED) is 0.474. The Morgan fingerprint density at radius 2 is 1.91 bits per heavy atom. The summed E-state index contributed by atoms with van der Waals surface area (Å²) in [6, 6.07) is 9.11. The zero-order valence-corrected chi connectivity index (χ0v) is 21.8. The van der Waals surface area contributed by atoms with Crippen molar-refractivity contribution in [3.05, 3.63) is 41.1 Å². The van der Waals surface area contributed by atoms with Gasteiger partial charge >= 0.3 is 0 Å². The Morgan fingerprint density at radius 3 is 2.57 bits per heavy atom. The van der Waals surface area contributed by atoms with Crippen LogP contribution in [0.3, 0.4) is 0 Å². The molecule has 0 bridgehead atoms. The van der Waals surface area contributed by atoms with Crippen LogP contribution in [-0.2, 0) is 11.3 Å². The minimum Gasteiger partial charge on any atom is -0.375 e. The van der Waals surface area contributed by atoms with Gasteiger partial charge in [0, 0.05) is 36.9 Å². The number of nitrogens with zero attached hydrogens (tertiary/aromatic N) is 4. The van der Waals surface area contributed by atoms with Gasteiger partial charge in [-0.15, -0.1) is 0 Å². The van der Waals surface area contributed by atoms with Gasteiger partial charge in [-0.25, -0.2) is 4.98 Å². The highest BCUT2D eigenvalue weighted by Crippen LogP contribution is 2.34. The zero-order chi connectivity index (χ0) is 24.8. The first-order valence-corrected chi connectivity index (χ1v) is 13.3. The van der Waals surface area contributed by atoms with Gasteiger partial charge in [-0.3, -0.25) is 9.69 Å². The molecule has 1 unspecified atom stereocenters. The molecule has 0 radical (unpaired) electrons. The highest BCUT2D eigenvalue weighted by Gasteiger charge is 2.25. The fourth-order valence-electron chi connectivity index (χ4n) is 4.98. The fourth-order valence-corrected chi connectivity index (χ4v) is 4.98. The third kappa shape index (κ3) is 6.39. The highest BCUT2D eigenvalue weighted by atomic mass is 16.5. The molecule has 1 aromatic heterocycles. The van der Waals surface area contributed by atoms with E-state index >= 15 is 0 Å². The standard InChI is InChI=1S/C28H41N5O2/c1-5-24-17-33(15-16-35-24)28-30-26(19-34)25(18-32(4)20(2)3)27(31-28)29-23-13-11-22(12-14-23)21-9-7-6-8-10-21/h11-14,19-21,24H,5-10,15-18H2,1-4H3,(H,29,30,31). The van der Waals surface area contributed by atoms with Crippen LogP contribution in [0.25, 0.3) is 0 Å². The number of carbonyl (C=O) groups is 1. The molecule has 1 saturated heterocycles. The summed E-state index contributed by atoms with van der Waals surface area (Å²) >= 11 is 0. The maximum Gasteiger partial charge on any atom is 0.228 e. The Labute approximate surface area is 210 Å².